The normalized spacial score (nSPS) is 26.1. The molecule has 7 heteroatoms. The summed E-state index contributed by atoms with van der Waals surface area (Å²) in [5.41, 5.74) is 8.08. The number of aryl methyl sites for hydroxylation is 1. The van der Waals surface area contributed by atoms with Gasteiger partial charge < -0.3 is 10.6 Å². The standard InChI is InChI=1S/C28H34N4O3/c1-18-2-8-24(9-3-18)29-17-25(33)31-32-26(34)23-6-4-19(5-7-23)16-30-27(35)28-13-20-10-21(14-28)12-22(11-20)15-28/h2-9,20-22,29H,10-17H2,1H3,(H,30,35)(H,31,33)(H,32,34). The number of hydrogen-bond donors (Lipinski definition) is 4. The second-order valence-electron chi connectivity index (χ2n) is 10.8. The van der Waals surface area contributed by atoms with Crippen LogP contribution >= 0.6 is 0 Å². The lowest BCUT2D eigenvalue weighted by Gasteiger charge is -2.55. The fraction of sp³-hybridized carbons (Fsp3) is 0.464. The molecule has 4 fully saturated rings. The number of carbonyl (C=O) groups excluding carboxylic acids is 3. The van der Waals surface area contributed by atoms with E-state index in [2.05, 4.69) is 21.5 Å². The van der Waals surface area contributed by atoms with Crippen LogP contribution in [0.25, 0.3) is 0 Å². The molecule has 7 nitrogen and oxygen atoms in total. The second kappa shape index (κ2) is 9.72. The summed E-state index contributed by atoms with van der Waals surface area (Å²) in [7, 11) is 0. The second-order valence-corrected chi connectivity index (χ2v) is 10.8. The summed E-state index contributed by atoms with van der Waals surface area (Å²) in [4.78, 5) is 37.5. The molecule has 3 amide bonds. The first-order valence-corrected chi connectivity index (χ1v) is 12.7. The van der Waals surface area contributed by atoms with Gasteiger partial charge in [0.1, 0.15) is 0 Å². The fourth-order valence-corrected chi connectivity index (χ4v) is 6.63. The van der Waals surface area contributed by atoms with Gasteiger partial charge in [0.05, 0.1) is 6.54 Å². The lowest BCUT2D eigenvalue weighted by Crippen LogP contribution is -2.53. The molecule has 4 bridgehead atoms. The molecular formula is C28H34N4O3. The van der Waals surface area contributed by atoms with Gasteiger partial charge in [-0.25, -0.2) is 0 Å². The smallest absolute Gasteiger partial charge is 0.269 e. The summed E-state index contributed by atoms with van der Waals surface area (Å²) in [6, 6.07) is 14.8. The topological polar surface area (TPSA) is 99.3 Å². The van der Waals surface area contributed by atoms with E-state index in [1.807, 2.05) is 43.3 Å². The van der Waals surface area contributed by atoms with Gasteiger partial charge in [0.2, 0.25) is 5.91 Å². The number of nitrogens with one attached hydrogen (secondary N) is 4. The van der Waals surface area contributed by atoms with Gasteiger partial charge in [-0.2, -0.15) is 0 Å². The van der Waals surface area contributed by atoms with E-state index in [0.29, 0.717) is 12.1 Å². The third-order valence-corrected chi connectivity index (χ3v) is 8.01. The number of rotatable bonds is 7. The van der Waals surface area contributed by atoms with Crippen LogP contribution in [0.4, 0.5) is 5.69 Å². The predicted octanol–water partition coefficient (Wildman–Crippen LogP) is 3.70. The highest BCUT2D eigenvalue weighted by atomic mass is 16.2. The first-order valence-electron chi connectivity index (χ1n) is 12.7. The average molecular weight is 475 g/mol. The van der Waals surface area contributed by atoms with Gasteiger partial charge >= 0.3 is 0 Å². The van der Waals surface area contributed by atoms with Crippen LogP contribution in [0.1, 0.15) is 60.0 Å². The predicted molar refractivity (Wildman–Crippen MR) is 134 cm³/mol. The van der Waals surface area contributed by atoms with Crippen molar-refractivity contribution < 1.29 is 14.4 Å². The molecule has 0 unspecified atom stereocenters. The van der Waals surface area contributed by atoms with Gasteiger partial charge in [-0.3, -0.25) is 25.2 Å². The highest BCUT2D eigenvalue weighted by Crippen LogP contribution is 2.60. The molecule has 0 aromatic heterocycles. The van der Waals surface area contributed by atoms with E-state index in [1.165, 1.54) is 19.3 Å². The minimum absolute atomic E-state index is 0.0473. The molecule has 2 aromatic rings. The van der Waals surface area contributed by atoms with E-state index in [0.717, 1.165) is 53.8 Å². The lowest BCUT2D eigenvalue weighted by molar-refractivity contribution is -0.146. The Labute approximate surface area is 206 Å². The summed E-state index contributed by atoms with van der Waals surface area (Å²) in [5.74, 6) is 1.69. The van der Waals surface area contributed by atoms with Crippen molar-refractivity contribution in [1.29, 1.82) is 0 Å². The van der Waals surface area contributed by atoms with Crippen molar-refractivity contribution in [1.82, 2.24) is 16.2 Å². The van der Waals surface area contributed by atoms with Crippen LogP contribution in [-0.2, 0) is 16.1 Å². The van der Waals surface area contributed by atoms with Crippen molar-refractivity contribution in [3.05, 3.63) is 65.2 Å². The Morgan fingerprint density at radius 2 is 1.43 bits per heavy atom. The van der Waals surface area contributed by atoms with E-state index in [1.54, 1.807) is 12.1 Å². The summed E-state index contributed by atoms with van der Waals surface area (Å²) in [6.07, 6.45) is 7.11. The third kappa shape index (κ3) is 5.34. The Bertz CT molecular complexity index is 1060. The molecule has 0 aliphatic heterocycles. The molecule has 4 aliphatic rings. The zero-order chi connectivity index (χ0) is 24.4. The molecule has 4 saturated carbocycles. The minimum Gasteiger partial charge on any atom is -0.376 e. The molecule has 2 aromatic carbocycles. The van der Waals surface area contributed by atoms with E-state index in [4.69, 9.17) is 0 Å². The molecule has 6 rings (SSSR count). The number of hydrogen-bond acceptors (Lipinski definition) is 4. The van der Waals surface area contributed by atoms with Crippen molar-refractivity contribution in [2.45, 2.75) is 52.0 Å². The van der Waals surface area contributed by atoms with Crippen LogP contribution in [-0.4, -0.2) is 24.3 Å². The van der Waals surface area contributed by atoms with Crippen LogP contribution in [0.3, 0.4) is 0 Å². The Kier molecular flexibility index (Phi) is 6.50. The van der Waals surface area contributed by atoms with Crippen LogP contribution in [0.2, 0.25) is 0 Å². The molecule has 0 saturated heterocycles. The van der Waals surface area contributed by atoms with Gasteiger partial charge in [0.25, 0.3) is 11.8 Å². The number of amides is 3. The first-order chi connectivity index (χ1) is 16.9. The number of hydrazine groups is 1. The highest BCUT2D eigenvalue weighted by molar-refractivity contribution is 5.95. The molecule has 4 N–H and O–H groups in total. The van der Waals surface area contributed by atoms with Crippen LogP contribution < -0.4 is 21.5 Å². The van der Waals surface area contributed by atoms with Gasteiger partial charge in [-0.1, -0.05) is 29.8 Å². The molecule has 0 heterocycles. The Balaban J connectivity index is 1.06. The maximum Gasteiger partial charge on any atom is 0.269 e. The van der Waals surface area contributed by atoms with Gasteiger partial charge in [-0.15, -0.1) is 0 Å². The highest BCUT2D eigenvalue weighted by Gasteiger charge is 2.54. The van der Waals surface area contributed by atoms with Crippen molar-refractivity contribution in [2.24, 2.45) is 23.2 Å². The fourth-order valence-electron chi connectivity index (χ4n) is 6.63. The van der Waals surface area contributed by atoms with Gasteiger partial charge in [-0.05, 0) is 93.0 Å². The maximum absolute atomic E-state index is 13.1. The zero-order valence-electron chi connectivity index (χ0n) is 20.2. The summed E-state index contributed by atoms with van der Waals surface area (Å²) >= 11 is 0. The molecule has 0 radical (unpaired) electrons. The molecule has 4 aliphatic carbocycles. The molecule has 0 atom stereocenters. The average Bonchev–Trinajstić information content (AvgIpc) is 2.85. The van der Waals surface area contributed by atoms with Crippen molar-refractivity contribution >= 4 is 23.4 Å². The largest absolute Gasteiger partial charge is 0.376 e. The monoisotopic (exact) mass is 474 g/mol. The van der Waals surface area contributed by atoms with E-state index in [-0.39, 0.29) is 23.8 Å². The van der Waals surface area contributed by atoms with Crippen molar-refractivity contribution in [3.63, 3.8) is 0 Å². The first kappa shape index (κ1) is 23.4. The Hall–Kier alpha value is -3.35. The molecule has 0 spiro atoms. The van der Waals surface area contributed by atoms with Gasteiger partial charge in [0, 0.05) is 23.2 Å². The number of carbonyl (C=O) groups is 3. The summed E-state index contributed by atoms with van der Waals surface area (Å²) in [5, 5.41) is 6.18. The van der Waals surface area contributed by atoms with E-state index < -0.39 is 5.91 Å². The number of benzene rings is 2. The zero-order valence-corrected chi connectivity index (χ0v) is 20.2. The van der Waals surface area contributed by atoms with E-state index >= 15 is 0 Å². The summed E-state index contributed by atoms with van der Waals surface area (Å²) in [6.45, 7) is 2.51. The third-order valence-electron chi connectivity index (χ3n) is 8.01. The van der Waals surface area contributed by atoms with Crippen molar-refractivity contribution in [3.8, 4) is 0 Å². The minimum atomic E-state index is -0.391. The van der Waals surface area contributed by atoms with Gasteiger partial charge in [0.15, 0.2) is 0 Å². The number of anilines is 1. The summed E-state index contributed by atoms with van der Waals surface area (Å²) < 4.78 is 0. The Morgan fingerprint density at radius 1 is 0.829 bits per heavy atom. The van der Waals surface area contributed by atoms with Crippen molar-refractivity contribution in [2.75, 3.05) is 11.9 Å². The maximum atomic E-state index is 13.1. The molecule has 184 valence electrons. The quantitative estimate of drug-likeness (QED) is 0.460. The Morgan fingerprint density at radius 3 is 2.03 bits per heavy atom. The van der Waals surface area contributed by atoms with Crippen LogP contribution in [0.5, 0.6) is 0 Å². The van der Waals surface area contributed by atoms with Crippen LogP contribution in [0.15, 0.2) is 48.5 Å². The van der Waals surface area contributed by atoms with Crippen LogP contribution in [0, 0.1) is 30.1 Å². The van der Waals surface area contributed by atoms with E-state index in [9.17, 15) is 14.4 Å². The lowest BCUT2D eigenvalue weighted by atomic mass is 9.49. The molecule has 35 heavy (non-hydrogen) atoms. The molecular weight excluding hydrogens is 440 g/mol. The SMILES string of the molecule is Cc1ccc(NCC(=O)NNC(=O)c2ccc(CNC(=O)C34CC5CC(CC(C5)C3)C4)cc2)cc1.